The van der Waals surface area contributed by atoms with Gasteiger partial charge in [-0.1, -0.05) is 0 Å². The maximum absolute atomic E-state index is 13.9. The van der Waals surface area contributed by atoms with Crippen LogP contribution in [-0.2, 0) is 0 Å². The number of hydrogen-bond acceptors (Lipinski definition) is 26. The van der Waals surface area contributed by atoms with E-state index in [4.69, 9.17) is 80.8 Å². The van der Waals surface area contributed by atoms with E-state index in [-0.39, 0.29) is 28.9 Å². The molecule has 26 nitrogen and oxygen atoms in total. The standard InChI is InChI=1S/C16H14FN3O3.C16H15N3O3.C15H11BrFN3O2.C15H12FN3O2.C14H9BrFN3O/c1-21-14-8-11-15(20-16(14)22-2)13(5-6-19-11)23-12-4-3-9(18)7-10(12)17;1-20-14-9-12-15(19-16(14)21-2)13(7-8-18-12)22-11-5-3-10(17)4-6-11;1-21-15-9(16)7-11-14(20-15)13(4-5-19-11)22-12-3-2-8(18)6-10(12)17;1-20-10-7-12-15(19-8-10)14(4-5-18-12)21-13-3-2-9(17)6-11(13)16;15-8-5-11-14(19-7-8)13(3-4-18-11)20-12-2-1-9(17)6-10(12)16/h3-8H,18H2,1-2H3;3-9H,17H2,1-2H3;2-7H,18H2,1H3;2-8H,17H2,1H3;1-7H,17H2. The van der Waals surface area contributed by atoms with Crippen molar-refractivity contribution in [3.05, 3.63) is 233 Å². The number of halogens is 6. The number of ether oxygens (including phenoxy) is 11. The molecule has 0 fully saturated rings. The molecule has 15 rings (SSSR count). The van der Waals surface area contributed by atoms with E-state index in [0.29, 0.717) is 152 Å². The molecule has 0 saturated heterocycles. The van der Waals surface area contributed by atoms with Gasteiger partial charge < -0.3 is 80.8 Å². The van der Waals surface area contributed by atoms with E-state index in [9.17, 15) is 17.6 Å². The van der Waals surface area contributed by atoms with E-state index < -0.39 is 23.3 Å². The number of aromatic nitrogens is 10. The van der Waals surface area contributed by atoms with Gasteiger partial charge in [-0.25, -0.2) is 42.5 Å². The summed E-state index contributed by atoms with van der Waals surface area (Å²) in [6.45, 7) is 0. The molecule has 0 atom stereocenters. The summed E-state index contributed by atoms with van der Waals surface area (Å²) in [6.07, 6.45) is 11.1. The summed E-state index contributed by atoms with van der Waals surface area (Å²) >= 11 is 6.67. The van der Waals surface area contributed by atoms with Crippen molar-refractivity contribution in [2.75, 3.05) is 71.3 Å². The molecule has 0 aliphatic heterocycles. The van der Waals surface area contributed by atoms with Crippen molar-refractivity contribution in [3.8, 4) is 92.4 Å². The Labute approximate surface area is 628 Å². The van der Waals surface area contributed by atoms with E-state index >= 15 is 0 Å². The van der Waals surface area contributed by atoms with Crippen LogP contribution in [0.2, 0.25) is 0 Å². The highest BCUT2D eigenvalue weighted by Gasteiger charge is 2.19. The number of nitrogens with two attached hydrogens (primary N) is 5. The van der Waals surface area contributed by atoms with E-state index in [1.165, 1.54) is 77.0 Å². The fourth-order valence-electron chi connectivity index (χ4n) is 9.79. The molecular formula is C76H61Br2F4N15O11. The lowest BCUT2D eigenvalue weighted by atomic mass is 10.2. The van der Waals surface area contributed by atoms with Crippen LogP contribution in [0.3, 0.4) is 0 Å². The van der Waals surface area contributed by atoms with Crippen molar-refractivity contribution >= 4 is 115 Å². The molecule has 0 saturated carbocycles. The van der Waals surface area contributed by atoms with Crippen LogP contribution in [0, 0.1) is 23.3 Å². The second-order valence-corrected chi connectivity index (χ2v) is 23.9. The predicted octanol–water partition coefficient (Wildman–Crippen LogP) is 17.2. The molecule has 0 aliphatic rings. The molecule has 15 aromatic rings. The number of rotatable bonds is 16. The monoisotopic (exact) mass is 1590 g/mol. The lowest BCUT2D eigenvalue weighted by Gasteiger charge is -2.11. The number of nitrogen functional groups attached to an aromatic ring is 5. The summed E-state index contributed by atoms with van der Waals surface area (Å²) in [7, 11) is 9.14. The summed E-state index contributed by atoms with van der Waals surface area (Å²) in [5, 5.41) is 0. The lowest BCUT2D eigenvalue weighted by Crippen LogP contribution is -1.97. The van der Waals surface area contributed by atoms with E-state index in [1.54, 1.807) is 161 Å². The van der Waals surface area contributed by atoms with Gasteiger partial charge in [0.25, 0.3) is 11.8 Å². The van der Waals surface area contributed by atoms with Crippen LogP contribution < -0.4 is 80.8 Å². The van der Waals surface area contributed by atoms with Crippen molar-refractivity contribution < 1.29 is 69.7 Å². The largest absolute Gasteiger partial charge is 0.495 e. The number of methoxy groups -OCH3 is 6. The number of fused-ring (bicyclic) bond motifs is 5. The Hall–Kier alpha value is -13.6. The molecule has 10 aromatic heterocycles. The fourth-order valence-corrected chi connectivity index (χ4v) is 10.6. The van der Waals surface area contributed by atoms with Gasteiger partial charge in [-0.05, 0) is 117 Å². The SMILES string of the molecule is COc1cc2nccc(Oc3ccc(N)cc3)c2nc1OC.COc1cc2nccc(Oc3ccc(N)cc3F)c2nc1OC.COc1cnc2c(Oc3ccc(N)cc3F)ccnc2c1.COc1nc2c(Oc3ccc(N)cc3F)ccnc2cc1Br.Nc1ccc(Oc2ccnc3cc(Br)cnc23)c(F)c1. The zero-order valence-corrected chi connectivity index (χ0v) is 60.8. The maximum atomic E-state index is 13.9. The van der Waals surface area contributed by atoms with Crippen LogP contribution in [0.1, 0.15) is 0 Å². The first-order valence-corrected chi connectivity index (χ1v) is 33.2. The van der Waals surface area contributed by atoms with E-state index in [2.05, 4.69) is 81.7 Å². The average Bonchev–Trinajstić information content (AvgIpc) is 0.822. The van der Waals surface area contributed by atoms with Gasteiger partial charge in [0.2, 0.25) is 5.88 Å². The highest BCUT2D eigenvalue weighted by molar-refractivity contribution is 9.10. The predicted molar refractivity (Wildman–Crippen MR) is 407 cm³/mol. The topological polar surface area (TPSA) is 361 Å². The summed E-state index contributed by atoms with van der Waals surface area (Å²) in [6, 6.07) is 41.0. The Kier molecular flexibility index (Phi) is 24.3. The first-order valence-electron chi connectivity index (χ1n) is 31.6. The van der Waals surface area contributed by atoms with Crippen LogP contribution in [-0.4, -0.2) is 92.5 Å². The van der Waals surface area contributed by atoms with Crippen molar-refractivity contribution in [3.63, 3.8) is 0 Å². The van der Waals surface area contributed by atoms with Gasteiger partial charge in [0, 0.05) is 143 Å². The summed E-state index contributed by atoms with van der Waals surface area (Å²) in [5.74, 6) is 3.54. The number of pyridine rings is 10. The van der Waals surface area contributed by atoms with Crippen molar-refractivity contribution in [1.82, 2.24) is 49.8 Å². The molecule has 108 heavy (non-hydrogen) atoms. The third-order valence-electron chi connectivity index (χ3n) is 14.9. The Bertz CT molecular complexity index is 5760. The first kappa shape index (κ1) is 75.5. The normalized spacial score (nSPS) is 10.6. The maximum Gasteiger partial charge on any atom is 0.257 e. The third kappa shape index (κ3) is 18.5. The lowest BCUT2D eigenvalue weighted by molar-refractivity contribution is 0.344. The molecule has 10 N–H and O–H groups in total. The van der Waals surface area contributed by atoms with E-state index in [0.717, 1.165) is 4.47 Å². The van der Waals surface area contributed by atoms with Gasteiger partial charge in [-0.3, -0.25) is 24.9 Å². The molecule has 0 aliphatic carbocycles. The smallest absolute Gasteiger partial charge is 0.257 e. The molecule has 10 heterocycles. The second-order valence-electron chi connectivity index (χ2n) is 22.1. The fraction of sp³-hybridized carbons (Fsp3) is 0.0789. The highest BCUT2D eigenvalue weighted by atomic mass is 79.9. The van der Waals surface area contributed by atoms with Gasteiger partial charge in [0.15, 0.2) is 86.5 Å². The zero-order chi connectivity index (χ0) is 76.5. The van der Waals surface area contributed by atoms with Crippen LogP contribution in [0.25, 0.3) is 55.2 Å². The number of hydrogen-bond donors (Lipinski definition) is 5. The molecule has 0 radical (unpaired) electrons. The molecule has 5 aromatic carbocycles. The van der Waals surface area contributed by atoms with Crippen LogP contribution in [0.5, 0.6) is 92.4 Å². The van der Waals surface area contributed by atoms with Gasteiger partial charge in [-0.15, -0.1) is 0 Å². The third-order valence-corrected chi connectivity index (χ3v) is 15.9. The molecule has 548 valence electrons. The quantitative estimate of drug-likeness (QED) is 0.0443. The molecule has 0 unspecified atom stereocenters. The number of anilines is 5. The minimum atomic E-state index is -0.560. The molecule has 32 heteroatoms. The highest BCUT2D eigenvalue weighted by Crippen LogP contribution is 2.40. The van der Waals surface area contributed by atoms with Gasteiger partial charge in [-0.2, -0.15) is 0 Å². The van der Waals surface area contributed by atoms with Crippen molar-refractivity contribution in [1.29, 1.82) is 0 Å². The molecule has 0 bridgehead atoms. The van der Waals surface area contributed by atoms with Crippen LogP contribution >= 0.6 is 31.9 Å². The van der Waals surface area contributed by atoms with Gasteiger partial charge in [0.05, 0.1) is 80.9 Å². The number of nitrogens with zero attached hydrogens (tertiary/aromatic N) is 10. The molecule has 0 spiro atoms. The average molecular weight is 1600 g/mol. The molecule has 0 amide bonds. The Morgan fingerprint density at radius 1 is 0.269 bits per heavy atom. The van der Waals surface area contributed by atoms with Crippen molar-refractivity contribution in [2.45, 2.75) is 0 Å². The van der Waals surface area contributed by atoms with Crippen LogP contribution in [0.15, 0.2) is 210 Å². The number of benzene rings is 5. The zero-order valence-electron chi connectivity index (χ0n) is 57.7. The first-order chi connectivity index (χ1) is 52.2. The minimum Gasteiger partial charge on any atom is -0.495 e. The summed E-state index contributed by atoms with van der Waals surface area (Å²) in [5.41, 5.74) is 35.4. The Morgan fingerprint density at radius 2 is 0.593 bits per heavy atom. The Morgan fingerprint density at radius 3 is 0.954 bits per heavy atom. The molecular weight excluding hydrogens is 1530 g/mol. The van der Waals surface area contributed by atoms with Crippen molar-refractivity contribution in [2.24, 2.45) is 0 Å². The van der Waals surface area contributed by atoms with Gasteiger partial charge >= 0.3 is 0 Å². The summed E-state index contributed by atoms with van der Waals surface area (Å²) < 4.78 is 116. The summed E-state index contributed by atoms with van der Waals surface area (Å²) in [4.78, 5) is 42.7. The van der Waals surface area contributed by atoms with Crippen LogP contribution in [0.4, 0.5) is 46.0 Å². The van der Waals surface area contributed by atoms with Gasteiger partial charge in [0.1, 0.15) is 39.1 Å². The van der Waals surface area contributed by atoms with E-state index in [1.807, 2.05) is 6.07 Å². The second kappa shape index (κ2) is 34.8. The Balaban J connectivity index is 0.000000134. The minimum absolute atomic E-state index is 0.0447.